The summed E-state index contributed by atoms with van der Waals surface area (Å²) in [7, 11) is 0. The Morgan fingerprint density at radius 1 is 1.29 bits per heavy atom. The van der Waals surface area contributed by atoms with Crippen LogP contribution in [0.5, 0.6) is 0 Å². The molecule has 1 saturated heterocycles. The molecule has 0 saturated carbocycles. The van der Waals surface area contributed by atoms with Crippen molar-refractivity contribution in [3.05, 3.63) is 29.8 Å². The molecule has 1 N–H and O–H groups in total. The molecule has 2 aliphatic heterocycles. The van der Waals surface area contributed by atoms with Crippen LogP contribution in [0.2, 0.25) is 0 Å². The molecule has 1 atom stereocenters. The lowest BCUT2D eigenvalue weighted by atomic mass is 9.87. The van der Waals surface area contributed by atoms with Crippen LogP contribution in [0.4, 0.5) is 5.69 Å². The van der Waals surface area contributed by atoms with Crippen LogP contribution in [0, 0.1) is 0 Å². The molecule has 1 unspecified atom stereocenters. The van der Waals surface area contributed by atoms with E-state index in [9.17, 15) is 9.59 Å². The van der Waals surface area contributed by atoms with E-state index < -0.39 is 0 Å². The topological polar surface area (TPSA) is 58.6 Å². The van der Waals surface area contributed by atoms with Gasteiger partial charge in [0.25, 0.3) is 0 Å². The normalized spacial score (nSPS) is 21.3. The lowest BCUT2D eigenvalue weighted by Gasteiger charge is -2.38. The van der Waals surface area contributed by atoms with E-state index in [0.29, 0.717) is 12.8 Å². The number of nitrogens with zero attached hydrogens (tertiary/aromatic N) is 1. The van der Waals surface area contributed by atoms with Crippen LogP contribution in [0.25, 0.3) is 0 Å². The van der Waals surface area contributed by atoms with Gasteiger partial charge in [-0.2, -0.15) is 0 Å². The molecule has 0 aliphatic carbocycles. The minimum Gasteiger partial charge on any atom is -0.381 e. The van der Waals surface area contributed by atoms with E-state index in [0.717, 1.165) is 37.3 Å². The molecule has 1 aromatic carbocycles. The predicted octanol–water partition coefficient (Wildman–Crippen LogP) is 2.92. The second-order valence-corrected chi connectivity index (χ2v) is 6.98. The standard InChI is InChI=1S/C19H26N2O3/c1-13(2)21(15-7-9-24-10-8-15)19(23)12-14-11-18(22)20-17-6-4-3-5-16(14)17/h3-6,13-15H,7-12H2,1-2H3,(H,20,22). The van der Waals surface area contributed by atoms with Crippen molar-refractivity contribution in [1.29, 1.82) is 0 Å². The van der Waals surface area contributed by atoms with Gasteiger partial charge in [0, 0.05) is 49.7 Å². The minimum atomic E-state index is -0.0384. The van der Waals surface area contributed by atoms with Crippen molar-refractivity contribution in [2.45, 2.75) is 57.5 Å². The fourth-order valence-electron chi connectivity index (χ4n) is 3.88. The average Bonchev–Trinajstić information content (AvgIpc) is 2.55. The predicted molar refractivity (Wildman–Crippen MR) is 92.9 cm³/mol. The monoisotopic (exact) mass is 330 g/mol. The van der Waals surface area contributed by atoms with Gasteiger partial charge in [0.05, 0.1) is 0 Å². The summed E-state index contributed by atoms with van der Waals surface area (Å²) in [6.07, 6.45) is 2.56. The second kappa shape index (κ2) is 7.34. The number of nitrogens with one attached hydrogen (secondary N) is 1. The van der Waals surface area contributed by atoms with Crippen molar-refractivity contribution < 1.29 is 14.3 Å². The SMILES string of the molecule is CC(C)N(C(=O)CC1CC(=O)Nc2ccccc21)C1CCOCC1. The lowest BCUT2D eigenvalue weighted by molar-refractivity contribution is -0.138. The Bertz CT molecular complexity index is 608. The fourth-order valence-corrected chi connectivity index (χ4v) is 3.88. The van der Waals surface area contributed by atoms with Crippen LogP contribution in [-0.4, -0.2) is 42.0 Å². The molecule has 3 rings (SSSR count). The Hall–Kier alpha value is -1.88. The van der Waals surface area contributed by atoms with Gasteiger partial charge in [0.15, 0.2) is 0 Å². The smallest absolute Gasteiger partial charge is 0.225 e. The maximum absolute atomic E-state index is 13.0. The van der Waals surface area contributed by atoms with Gasteiger partial charge in [-0.25, -0.2) is 0 Å². The highest BCUT2D eigenvalue weighted by Gasteiger charge is 2.32. The molecule has 5 heteroatoms. The number of amides is 2. The molecular formula is C19H26N2O3. The summed E-state index contributed by atoms with van der Waals surface area (Å²) in [5, 5.41) is 2.90. The Morgan fingerprint density at radius 2 is 2.00 bits per heavy atom. The fraction of sp³-hybridized carbons (Fsp3) is 0.579. The third kappa shape index (κ3) is 3.61. The first-order valence-electron chi connectivity index (χ1n) is 8.84. The highest BCUT2D eigenvalue weighted by atomic mass is 16.5. The van der Waals surface area contributed by atoms with Crippen molar-refractivity contribution >= 4 is 17.5 Å². The molecule has 2 heterocycles. The maximum Gasteiger partial charge on any atom is 0.225 e. The van der Waals surface area contributed by atoms with Crippen LogP contribution in [0.1, 0.15) is 51.0 Å². The number of rotatable bonds is 4. The van der Waals surface area contributed by atoms with Crippen molar-refractivity contribution in [3.63, 3.8) is 0 Å². The first-order valence-corrected chi connectivity index (χ1v) is 8.84. The number of ether oxygens (including phenoxy) is 1. The number of anilines is 1. The van der Waals surface area contributed by atoms with Crippen LogP contribution in [0.3, 0.4) is 0 Å². The first kappa shape index (κ1) is 17.0. The summed E-state index contributed by atoms with van der Waals surface area (Å²) < 4.78 is 5.43. The second-order valence-electron chi connectivity index (χ2n) is 6.98. The molecule has 130 valence electrons. The molecule has 24 heavy (non-hydrogen) atoms. The average molecular weight is 330 g/mol. The van der Waals surface area contributed by atoms with Crippen molar-refractivity contribution in [2.24, 2.45) is 0 Å². The number of benzene rings is 1. The van der Waals surface area contributed by atoms with Gasteiger partial charge in [-0.3, -0.25) is 9.59 Å². The van der Waals surface area contributed by atoms with E-state index in [1.54, 1.807) is 0 Å². The van der Waals surface area contributed by atoms with Gasteiger partial charge >= 0.3 is 0 Å². The highest BCUT2D eigenvalue weighted by molar-refractivity contribution is 5.95. The third-order valence-corrected chi connectivity index (χ3v) is 4.96. The maximum atomic E-state index is 13.0. The number of fused-ring (bicyclic) bond motifs is 1. The van der Waals surface area contributed by atoms with Gasteiger partial charge in [0.2, 0.25) is 11.8 Å². The summed E-state index contributed by atoms with van der Waals surface area (Å²) >= 11 is 0. The van der Waals surface area contributed by atoms with E-state index in [1.807, 2.05) is 29.2 Å². The van der Waals surface area contributed by atoms with Crippen LogP contribution in [0.15, 0.2) is 24.3 Å². The first-order chi connectivity index (χ1) is 11.6. The zero-order valence-corrected chi connectivity index (χ0v) is 14.5. The summed E-state index contributed by atoms with van der Waals surface area (Å²) in [5.41, 5.74) is 1.91. The molecule has 1 fully saturated rings. The summed E-state index contributed by atoms with van der Waals surface area (Å²) in [6, 6.07) is 8.20. The van der Waals surface area contributed by atoms with Gasteiger partial charge in [-0.1, -0.05) is 18.2 Å². The lowest BCUT2D eigenvalue weighted by Crippen LogP contribution is -2.47. The molecule has 2 aliphatic rings. The van der Waals surface area contributed by atoms with Crippen LogP contribution >= 0.6 is 0 Å². The highest BCUT2D eigenvalue weighted by Crippen LogP contribution is 2.35. The molecular weight excluding hydrogens is 304 g/mol. The van der Waals surface area contributed by atoms with E-state index in [2.05, 4.69) is 19.2 Å². The quantitative estimate of drug-likeness (QED) is 0.923. The van der Waals surface area contributed by atoms with Crippen LogP contribution in [-0.2, 0) is 14.3 Å². The van der Waals surface area contributed by atoms with Crippen molar-refractivity contribution in [1.82, 2.24) is 4.90 Å². The summed E-state index contributed by atoms with van der Waals surface area (Å²) in [4.78, 5) is 27.0. The largest absolute Gasteiger partial charge is 0.381 e. The number of carbonyl (C=O) groups is 2. The Morgan fingerprint density at radius 3 is 2.71 bits per heavy atom. The van der Waals surface area contributed by atoms with Gasteiger partial charge in [-0.15, -0.1) is 0 Å². The van der Waals surface area contributed by atoms with Crippen molar-refractivity contribution in [2.75, 3.05) is 18.5 Å². The van der Waals surface area contributed by atoms with E-state index >= 15 is 0 Å². The zero-order chi connectivity index (χ0) is 17.1. The van der Waals surface area contributed by atoms with Gasteiger partial charge < -0.3 is 15.0 Å². The molecule has 0 spiro atoms. The number of para-hydroxylation sites is 1. The Labute approximate surface area is 143 Å². The molecule has 0 radical (unpaired) electrons. The van der Waals surface area contributed by atoms with Gasteiger partial charge in [0.1, 0.15) is 0 Å². The Balaban J connectivity index is 1.76. The van der Waals surface area contributed by atoms with E-state index in [1.165, 1.54) is 0 Å². The summed E-state index contributed by atoms with van der Waals surface area (Å²) in [5.74, 6) is 0.101. The van der Waals surface area contributed by atoms with E-state index in [4.69, 9.17) is 4.74 Å². The molecule has 2 amide bonds. The van der Waals surface area contributed by atoms with Crippen molar-refractivity contribution in [3.8, 4) is 0 Å². The van der Waals surface area contributed by atoms with Crippen LogP contribution < -0.4 is 5.32 Å². The minimum absolute atomic E-state index is 0.00587. The number of hydrogen-bond donors (Lipinski definition) is 1. The molecule has 0 bridgehead atoms. The zero-order valence-electron chi connectivity index (χ0n) is 14.5. The Kier molecular flexibility index (Phi) is 5.19. The molecule has 0 aromatic heterocycles. The summed E-state index contributed by atoms with van der Waals surface area (Å²) in [6.45, 7) is 5.56. The molecule has 1 aromatic rings. The van der Waals surface area contributed by atoms with Gasteiger partial charge in [-0.05, 0) is 38.3 Å². The number of hydrogen-bond acceptors (Lipinski definition) is 3. The third-order valence-electron chi connectivity index (χ3n) is 4.96. The number of carbonyl (C=O) groups excluding carboxylic acids is 2. The molecule has 5 nitrogen and oxygen atoms in total. The van der Waals surface area contributed by atoms with E-state index in [-0.39, 0.29) is 29.8 Å².